The number of ether oxygens (including phenoxy) is 2. The number of pyridine rings is 1. The molecule has 1 aromatic heterocycles. The van der Waals surface area contributed by atoms with Crippen LogP contribution in [0, 0.1) is 18.3 Å². The van der Waals surface area contributed by atoms with Gasteiger partial charge in [-0.3, -0.25) is 9.69 Å². The topological polar surface area (TPSA) is 75.1 Å². The van der Waals surface area contributed by atoms with E-state index in [1.807, 2.05) is 36.4 Å². The third-order valence-corrected chi connectivity index (χ3v) is 9.39. The maximum atomic E-state index is 11.7. The summed E-state index contributed by atoms with van der Waals surface area (Å²) in [5.74, 6) is 1.29. The summed E-state index contributed by atoms with van der Waals surface area (Å²) in [6, 6.07) is 19.1. The molecule has 1 unspecified atom stereocenters. The summed E-state index contributed by atoms with van der Waals surface area (Å²) in [6.45, 7) is 9.19. The summed E-state index contributed by atoms with van der Waals surface area (Å²) in [6.07, 6.45) is 2.51. The van der Waals surface area contributed by atoms with Gasteiger partial charge < -0.3 is 19.5 Å². The van der Waals surface area contributed by atoms with E-state index in [0.29, 0.717) is 19.1 Å². The predicted molar refractivity (Wildman–Crippen MR) is 156 cm³/mol. The highest BCUT2D eigenvalue weighted by Gasteiger charge is 2.62. The molecule has 1 saturated heterocycles. The molecular formula is C33H39N3O4. The maximum absolute atomic E-state index is 11.7. The van der Waals surface area contributed by atoms with Gasteiger partial charge in [0, 0.05) is 44.9 Å². The molecule has 1 aliphatic carbocycles. The Kier molecular flexibility index (Phi) is 7.27. The average molecular weight is 542 g/mol. The number of aromatic nitrogens is 1. The smallest absolute Gasteiger partial charge is 0.310 e. The summed E-state index contributed by atoms with van der Waals surface area (Å²) in [5.41, 5.74) is 6.74. The molecule has 3 aliphatic rings. The number of carboxylic acids is 1. The van der Waals surface area contributed by atoms with E-state index in [9.17, 15) is 9.90 Å². The number of hydrogen-bond acceptors (Lipinski definition) is 6. The minimum Gasteiger partial charge on any atom is -0.488 e. The fourth-order valence-electron chi connectivity index (χ4n) is 6.69. The van der Waals surface area contributed by atoms with Crippen LogP contribution in [-0.4, -0.2) is 60.4 Å². The number of fused-ring (bicyclic) bond motifs is 2. The van der Waals surface area contributed by atoms with Crippen LogP contribution in [0.2, 0.25) is 0 Å². The Balaban J connectivity index is 1.16. The van der Waals surface area contributed by atoms with E-state index in [0.717, 1.165) is 68.5 Å². The Morgan fingerprint density at radius 2 is 2.00 bits per heavy atom. The van der Waals surface area contributed by atoms with Gasteiger partial charge in [-0.25, -0.2) is 4.98 Å². The lowest BCUT2D eigenvalue weighted by atomic mass is 9.91. The molecule has 2 aromatic carbocycles. The number of benzene rings is 2. The fourth-order valence-corrected chi connectivity index (χ4v) is 6.69. The lowest BCUT2D eigenvalue weighted by molar-refractivity contribution is -0.144. The number of nitrogens with zero attached hydrogens (tertiary/aromatic N) is 3. The summed E-state index contributed by atoms with van der Waals surface area (Å²) < 4.78 is 11.8. The minimum absolute atomic E-state index is 0.219. The first-order chi connectivity index (χ1) is 19.4. The molecule has 0 amide bonds. The van der Waals surface area contributed by atoms with Gasteiger partial charge >= 0.3 is 5.97 Å². The second kappa shape index (κ2) is 10.9. The molecule has 3 atom stereocenters. The standard InChI is InChI=1S/C33H39N3O4/c1-22(20-39-3)35-15-13-27-23(2)25(12-11-24(27)18-35)21-40-30-9-5-4-7-28(30)29-8-6-10-31(34-29)36-16-14-33(32(37)38)17-26(33)19-36/h4-12,22,26H,13-21H2,1-3H3,(H,37,38)/t22?,26-,33+/m0/s1. The highest BCUT2D eigenvalue weighted by atomic mass is 16.5. The molecular weight excluding hydrogens is 502 g/mol. The van der Waals surface area contributed by atoms with Crippen LogP contribution in [0.15, 0.2) is 54.6 Å². The highest BCUT2D eigenvalue weighted by Crippen LogP contribution is 2.58. The van der Waals surface area contributed by atoms with Gasteiger partial charge in [-0.2, -0.15) is 0 Å². The number of carboxylic acid groups (broad SMARTS) is 1. The molecule has 1 N–H and O–H groups in total. The molecule has 0 spiro atoms. The molecule has 3 aromatic rings. The molecule has 7 heteroatoms. The Morgan fingerprint density at radius 1 is 1.15 bits per heavy atom. The second-order valence-corrected chi connectivity index (χ2v) is 11.7. The molecule has 210 valence electrons. The number of anilines is 1. The van der Waals surface area contributed by atoms with Crippen LogP contribution < -0.4 is 9.64 Å². The minimum atomic E-state index is -0.641. The van der Waals surface area contributed by atoms with E-state index in [1.54, 1.807) is 7.11 Å². The number of carbonyl (C=O) groups is 1. The largest absolute Gasteiger partial charge is 0.488 e. The first kappa shape index (κ1) is 26.8. The zero-order chi connectivity index (χ0) is 27.9. The van der Waals surface area contributed by atoms with E-state index in [-0.39, 0.29) is 5.92 Å². The molecule has 1 saturated carbocycles. The van der Waals surface area contributed by atoms with Gasteiger partial charge in [-0.1, -0.05) is 30.3 Å². The van der Waals surface area contributed by atoms with Crippen molar-refractivity contribution in [2.24, 2.45) is 11.3 Å². The Labute approximate surface area is 236 Å². The monoisotopic (exact) mass is 541 g/mol. The quantitative estimate of drug-likeness (QED) is 0.392. The van der Waals surface area contributed by atoms with E-state index < -0.39 is 11.4 Å². The highest BCUT2D eigenvalue weighted by molar-refractivity contribution is 5.79. The average Bonchev–Trinajstić information content (AvgIpc) is 3.73. The second-order valence-electron chi connectivity index (χ2n) is 11.7. The predicted octanol–water partition coefficient (Wildman–Crippen LogP) is 5.33. The molecule has 7 nitrogen and oxygen atoms in total. The Morgan fingerprint density at radius 3 is 2.80 bits per heavy atom. The van der Waals surface area contributed by atoms with Crippen LogP contribution >= 0.6 is 0 Å². The molecule has 0 bridgehead atoms. The van der Waals surface area contributed by atoms with Crippen LogP contribution in [0.1, 0.15) is 42.0 Å². The number of hydrogen-bond donors (Lipinski definition) is 1. The SMILES string of the molecule is COCC(C)N1CCc2c(ccc(COc3ccccc3-c3cccc(N4CC[C@@]5(C(=O)O)C[C@H]5C4)n3)c2C)C1. The van der Waals surface area contributed by atoms with Crippen molar-refractivity contribution < 1.29 is 19.4 Å². The van der Waals surface area contributed by atoms with Crippen LogP contribution in [0.3, 0.4) is 0 Å². The summed E-state index contributed by atoms with van der Waals surface area (Å²) >= 11 is 0. The van der Waals surface area contributed by atoms with Gasteiger partial charge in [0.2, 0.25) is 0 Å². The van der Waals surface area contributed by atoms with Gasteiger partial charge in [0.25, 0.3) is 0 Å². The van der Waals surface area contributed by atoms with Gasteiger partial charge in [0.05, 0.1) is 17.7 Å². The summed E-state index contributed by atoms with van der Waals surface area (Å²) in [4.78, 5) is 21.4. The van der Waals surface area contributed by atoms with Crippen LogP contribution in [0.4, 0.5) is 5.82 Å². The third-order valence-electron chi connectivity index (χ3n) is 9.39. The van der Waals surface area contributed by atoms with Gasteiger partial charge in [0.1, 0.15) is 18.2 Å². The van der Waals surface area contributed by atoms with Crippen molar-refractivity contribution >= 4 is 11.8 Å². The van der Waals surface area contributed by atoms with Gasteiger partial charge in [-0.05, 0) is 85.5 Å². The van der Waals surface area contributed by atoms with Gasteiger partial charge in [0.15, 0.2) is 0 Å². The molecule has 6 rings (SSSR count). The van der Waals surface area contributed by atoms with Crippen molar-refractivity contribution in [3.63, 3.8) is 0 Å². The number of methoxy groups -OCH3 is 1. The first-order valence-electron chi connectivity index (χ1n) is 14.4. The van der Waals surface area contributed by atoms with E-state index in [1.165, 1.54) is 22.3 Å². The Hall–Kier alpha value is -3.42. The summed E-state index contributed by atoms with van der Waals surface area (Å²) in [5, 5.41) is 9.62. The van der Waals surface area contributed by atoms with E-state index in [2.05, 4.69) is 41.8 Å². The number of rotatable bonds is 9. The van der Waals surface area contributed by atoms with Crippen molar-refractivity contribution in [3.8, 4) is 17.0 Å². The zero-order valence-corrected chi connectivity index (χ0v) is 23.7. The molecule has 2 fully saturated rings. The number of piperidine rings is 1. The third kappa shape index (κ3) is 4.97. The Bertz CT molecular complexity index is 1410. The molecule has 0 radical (unpaired) electrons. The van der Waals surface area contributed by atoms with Crippen molar-refractivity contribution in [2.75, 3.05) is 38.3 Å². The van der Waals surface area contributed by atoms with Crippen LogP contribution in [0.5, 0.6) is 5.75 Å². The van der Waals surface area contributed by atoms with Gasteiger partial charge in [-0.15, -0.1) is 0 Å². The normalized spacial score (nSPS) is 22.8. The number of aliphatic carboxylic acids is 1. The lowest BCUT2D eigenvalue weighted by Crippen LogP contribution is -2.40. The zero-order valence-electron chi connectivity index (χ0n) is 23.7. The van der Waals surface area contributed by atoms with E-state index >= 15 is 0 Å². The lowest BCUT2D eigenvalue weighted by Gasteiger charge is -2.34. The fraction of sp³-hybridized carbons (Fsp3) is 0.455. The van der Waals surface area contributed by atoms with Crippen molar-refractivity contribution in [1.29, 1.82) is 0 Å². The maximum Gasteiger partial charge on any atom is 0.310 e. The van der Waals surface area contributed by atoms with Crippen molar-refractivity contribution in [1.82, 2.24) is 9.88 Å². The van der Waals surface area contributed by atoms with Crippen LogP contribution in [-0.2, 0) is 29.1 Å². The first-order valence-corrected chi connectivity index (χ1v) is 14.4. The van der Waals surface area contributed by atoms with Crippen molar-refractivity contribution in [3.05, 3.63) is 76.9 Å². The van der Waals surface area contributed by atoms with Crippen molar-refractivity contribution in [2.45, 2.75) is 52.3 Å². The molecule has 3 heterocycles. The summed E-state index contributed by atoms with van der Waals surface area (Å²) in [7, 11) is 1.77. The molecule has 40 heavy (non-hydrogen) atoms. The number of para-hydroxylation sites is 1. The van der Waals surface area contributed by atoms with Crippen LogP contribution in [0.25, 0.3) is 11.3 Å². The molecule has 2 aliphatic heterocycles. The van der Waals surface area contributed by atoms with E-state index in [4.69, 9.17) is 14.5 Å².